The molecule has 0 spiro atoms. The van der Waals surface area contributed by atoms with Crippen molar-refractivity contribution in [3.8, 4) is 28.4 Å². The Morgan fingerprint density at radius 1 is 0.558 bits per heavy atom. The van der Waals surface area contributed by atoms with E-state index >= 15 is 0 Å². The van der Waals surface area contributed by atoms with Crippen LogP contribution < -0.4 is 14.2 Å². The van der Waals surface area contributed by atoms with E-state index in [9.17, 15) is 9.59 Å². The molecule has 0 aliphatic heterocycles. The number of esters is 2. The van der Waals surface area contributed by atoms with Crippen LogP contribution in [0.2, 0.25) is 0 Å². The lowest BCUT2D eigenvalue weighted by Gasteiger charge is -2.12. The van der Waals surface area contributed by atoms with Gasteiger partial charge in [0.15, 0.2) is 0 Å². The van der Waals surface area contributed by atoms with Gasteiger partial charge in [0.2, 0.25) is 0 Å². The molecule has 3 aromatic rings. The van der Waals surface area contributed by atoms with Crippen molar-refractivity contribution in [2.24, 2.45) is 5.92 Å². The van der Waals surface area contributed by atoms with Crippen molar-refractivity contribution < 1.29 is 23.8 Å². The quantitative estimate of drug-likeness (QED) is 0.0748. The van der Waals surface area contributed by atoms with Crippen LogP contribution in [0.3, 0.4) is 0 Å². The van der Waals surface area contributed by atoms with Crippen LogP contribution in [-0.4, -0.2) is 18.5 Å². The van der Waals surface area contributed by atoms with Crippen molar-refractivity contribution >= 4 is 11.9 Å². The number of hydrogen-bond acceptors (Lipinski definition) is 5. The fourth-order valence-corrected chi connectivity index (χ4v) is 4.92. The summed E-state index contributed by atoms with van der Waals surface area (Å²) >= 11 is 0. The van der Waals surface area contributed by atoms with Crippen LogP contribution in [-0.2, 0) is 4.79 Å². The Morgan fingerprint density at radius 3 is 1.60 bits per heavy atom. The van der Waals surface area contributed by atoms with Gasteiger partial charge in [0, 0.05) is 0 Å². The fourth-order valence-electron chi connectivity index (χ4n) is 4.92. The van der Waals surface area contributed by atoms with Crippen molar-refractivity contribution in [2.75, 3.05) is 6.61 Å². The van der Waals surface area contributed by atoms with Gasteiger partial charge in [-0.15, -0.1) is 0 Å². The lowest BCUT2D eigenvalue weighted by Crippen LogP contribution is -2.17. The van der Waals surface area contributed by atoms with Gasteiger partial charge in [-0.3, -0.25) is 4.79 Å². The van der Waals surface area contributed by atoms with E-state index < -0.39 is 5.97 Å². The Labute approximate surface area is 259 Å². The Kier molecular flexibility index (Phi) is 15.4. The predicted octanol–water partition coefficient (Wildman–Crippen LogP) is 10.6. The molecule has 5 nitrogen and oxygen atoms in total. The van der Waals surface area contributed by atoms with Crippen molar-refractivity contribution in [1.29, 1.82) is 0 Å². The van der Waals surface area contributed by atoms with E-state index in [-0.39, 0.29) is 11.9 Å². The first kappa shape index (κ1) is 33.9. The molecule has 3 aromatic carbocycles. The Morgan fingerprint density at radius 2 is 1.02 bits per heavy atom. The van der Waals surface area contributed by atoms with Crippen LogP contribution >= 0.6 is 0 Å². The van der Waals surface area contributed by atoms with Gasteiger partial charge in [-0.2, -0.15) is 0 Å². The summed E-state index contributed by atoms with van der Waals surface area (Å²) in [5, 5.41) is 0. The van der Waals surface area contributed by atoms with Gasteiger partial charge in [-0.1, -0.05) is 116 Å². The van der Waals surface area contributed by atoms with E-state index in [4.69, 9.17) is 14.2 Å². The molecule has 0 saturated heterocycles. The molecular weight excluding hydrogens is 536 g/mol. The summed E-state index contributed by atoms with van der Waals surface area (Å²) in [7, 11) is 0. The van der Waals surface area contributed by atoms with Gasteiger partial charge in [-0.25, -0.2) is 4.79 Å². The van der Waals surface area contributed by atoms with E-state index in [0.717, 1.165) is 49.2 Å². The topological polar surface area (TPSA) is 61.8 Å². The van der Waals surface area contributed by atoms with Crippen LogP contribution in [0.5, 0.6) is 17.2 Å². The largest absolute Gasteiger partial charge is 0.494 e. The van der Waals surface area contributed by atoms with Gasteiger partial charge < -0.3 is 14.2 Å². The maximum absolute atomic E-state index is 12.7. The highest BCUT2D eigenvalue weighted by atomic mass is 16.5. The lowest BCUT2D eigenvalue weighted by molar-refractivity contribution is -0.138. The first-order chi connectivity index (χ1) is 21.0. The van der Waals surface area contributed by atoms with Crippen molar-refractivity contribution in [3.63, 3.8) is 0 Å². The average molecular weight is 587 g/mol. The SMILES string of the molecule is CCCCCCCCOc1ccc(-c2ccc(C(=O)Oc3ccc(OC(=O)[C@@H](C)CCCCCCCC)cc3)cc2)cc1. The first-order valence-electron chi connectivity index (χ1n) is 16.4. The zero-order valence-electron chi connectivity index (χ0n) is 26.4. The summed E-state index contributed by atoms with van der Waals surface area (Å²) in [6.07, 6.45) is 15.5. The molecule has 1 atom stereocenters. The van der Waals surface area contributed by atoms with Gasteiger partial charge in [0.1, 0.15) is 17.2 Å². The van der Waals surface area contributed by atoms with E-state index in [1.54, 1.807) is 36.4 Å². The molecule has 232 valence electrons. The van der Waals surface area contributed by atoms with Crippen molar-refractivity contribution in [2.45, 2.75) is 104 Å². The summed E-state index contributed by atoms with van der Waals surface area (Å²) in [6, 6.07) is 22.0. The second-order valence-electron chi connectivity index (χ2n) is 11.5. The standard InChI is InChI=1S/C38H50O5/c1-4-6-8-10-12-14-16-30(3)37(39)42-35-25-27-36(28-26-35)43-38(40)33-19-17-31(18-20-33)32-21-23-34(24-22-32)41-29-15-13-11-9-7-5-2/h17-28,30H,4-16,29H2,1-3H3/t30-/m0/s1. The lowest BCUT2D eigenvalue weighted by atomic mass is 10.0. The summed E-state index contributed by atoms with van der Waals surface area (Å²) in [5.74, 6) is 0.901. The maximum atomic E-state index is 12.7. The highest BCUT2D eigenvalue weighted by Gasteiger charge is 2.16. The number of ether oxygens (including phenoxy) is 3. The van der Waals surface area contributed by atoms with E-state index in [2.05, 4.69) is 13.8 Å². The van der Waals surface area contributed by atoms with Gasteiger partial charge in [-0.05, 0) is 72.5 Å². The summed E-state index contributed by atoms with van der Waals surface area (Å²) in [6.45, 7) is 7.10. The molecule has 5 heteroatoms. The third-order valence-electron chi connectivity index (χ3n) is 7.72. The minimum Gasteiger partial charge on any atom is -0.494 e. The maximum Gasteiger partial charge on any atom is 0.343 e. The predicted molar refractivity (Wildman–Crippen MR) is 175 cm³/mol. The molecule has 0 bridgehead atoms. The van der Waals surface area contributed by atoms with Crippen molar-refractivity contribution in [1.82, 2.24) is 0 Å². The molecule has 0 aromatic heterocycles. The third kappa shape index (κ3) is 12.7. The van der Waals surface area contributed by atoms with E-state index in [0.29, 0.717) is 17.1 Å². The minimum absolute atomic E-state index is 0.146. The Hall–Kier alpha value is -3.60. The van der Waals surface area contributed by atoms with E-state index in [1.807, 2.05) is 43.3 Å². The highest BCUT2D eigenvalue weighted by molar-refractivity contribution is 5.91. The van der Waals surface area contributed by atoms with Crippen LogP contribution in [0.4, 0.5) is 0 Å². The number of rotatable bonds is 20. The summed E-state index contributed by atoms with van der Waals surface area (Å²) in [4.78, 5) is 25.2. The molecule has 0 unspecified atom stereocenters. The molecule has 43 heavy (non-hydrogen) atoms. The second-order valence-corrected chi connectivity index (χ2v) is 11.5. The molecule has 0 N–H and O–H groups in total. The van der Waals surface area contributed by atoms with Gasteiger partial charge in [0.05, 0.1) is 18.1 Å². The molecule has 0 aliphatic carbocycles. The average Bonchev–Trinajstić information content (AvgIpc) is 3.03. The zero-order chi connectivity index (χ0) is 30.7. The van der Waals surface area contributed by atoms with Crippen LogP contribution in [0.1, 0.15) is 115 Å². The van der Waals surface area contributed by atoms with E-state index in [1.165, 1.54) is 57.8 Å². The van der Waals surface area contributed by atoms with Crippen LogP contribution in [0.25, 0.3) is 11.1 Å². The zero-order valence-corrected chi connectivity index (χ0v) is 26.4. The summed E-state index contributed by atoms with van der Waals surface area (Å²) < 4.78 is 17.0. The molecule has 0 saturated carbocycles. The first-order valence-corrected chi connectivity index (χ1v) is 16.4. The molecule has 0 radical (unpaired) electrons. The number of unbranched alkanes of at least 4 members (excludes halogenated alkanes) is 10. The number of carbonyl (C=O) groups excluding carboxylic acids is 2. The van der Waals surface area contributed by atoms with Crippen LogP contribution in [0.15, 0.2) is 72.8 Å². The Bertz CT molecular complexity index is 1200. The smallest absolute Gasteiger partial charge is 0.343 e. The fraction of sp³-hybridized carbons (Fsp3) is 0.474. The molecule has 0 heterocycles. The number of hydrogen-bond donors (Lipinski definition) is 0. The minimum atomic E-state index is -0.442. The number of benzene rings is 3. The van der Waals surface area contributed by atoms with Gasteiger partial charge in [0.25, 0.3) is 0 Å². The molecule has 0 amide bonds. The second kappa shape index (κ2) is 19.6. The third-order valence-corrected chi connectivity index (χ3v) is 7.72. The van der Waals surface area contributed by atoms with Crippen molar-refractivity contribution in [3.05, 3.63) is 78.4 Å². The van der Waals surface area contributed by atoms with Gasteiger partial charge >= 0.3 is 11.9 Å². The highest BCUT2D eigenvalue weighted by Crippen LogP contribution is 2.25. The monoisotopic (exact) mass is 586 g/mol. The molecule has 3 rings (SSSR count). The Balaban J connectivity index is 1.41. The normalized spacial score (nSPS) is 11.6. The summed E-state index contributed by atoms with van der Waals surface area (Å²) in [5.41, 5.74) is 2.52. The molecule has 0 aliphatic rings. The van der Waals surface area contributed by atoms with Crippen LogP contribution in [0, 0.1) is 5.92 Å². The molecular formula is C38H50O5. The molecule has 0 fully saturated rings. The number of carbonyl (C=O) groups is 2.